The zero-order valence-corrected chi connectivity index (χ0v) is 18.8. The van der Waals surface area contributed by atoms with Crippen molar-refractivity contribution < 1.29 is 19.4 Å². The monoisotopic (exact) mass is 445 g/mol. The van der Waals surface area contributed by atoms with Gasteiger partial charge in [0.05, 0.1) is 25.1 Å². The summed E-state index contributed by atoms with van der Waals surface area (Å²) in [5, 5.41) is 11.1. The second kappa shape index (κ2) is 9.73. The second-order valence-electron chi connectivity index (χ2n) is 7.97. The Kier molecular flexibility index (Phi) is 6.58. The van der Waals surface area contributed by atoms with Crippen molar-refractivity contribution in [1.29, 1.82) is 0 Å². The molecule has 0 saturated carbocycles. The van der Waals surface area contributed by atoms with Gasteiger partial charge in [-0.1, -0.05) is 31.2 Å². The minimum Gasteiger partial charge on any atom is -0.507 e. The number of rotatable bonds is 8. The summed E-state index contributed by atoms with van der Waals surface area (Å²) < 4.78 is 7.11. The maximum absolute atomic E-state index is 13.1. The van der Waals surface area contributed by atoms with Crippen molar-refractivity contribution in [3.63, 3.8) is 0 Å². The third-order valence-corrected chi connectivity index (χ3v) is 5.98. The average molecular weight is 446 g/mol. The zero-order chi connectivity index (χ0) is 23.4. The smallest absolute Gasteiger partial charge is 0.295 e. The van der Waals surface area contributed by atoms with Crippen LogP contribution in [0, 0.1) is 0 Å². The van der Waals surface area contributed by atoms with Crippen LogP contribution in [0.4, 0.5) is 0 Å². The van der Waals surface area contributed by atoms with E-state index in [-0.39, 0.29) is 11.3 Å². The minimum atomic E-state index is -0.671. The summed E-state index contributed by atoms with van der Waals surface area (Å²) in [6, 6.07) is 14.0. The number of hydrogen-bond acceptors (Lipinski definition) is 5. The lowest BCUT2D eigenvalue weighted by Crippen LogP contribution is -2.31. The number of aliphatic hydroxyl groups excluding tert-OH is 1. The number of ether oxygens (including phenoxy) is 1. The molecular weight excluding hydrogens is 418 g/mol. The fourth-order valence-electron chi connectivity index (χ4n) is 4.14. The van der Waals surface area contributed by atoms with Gasteiger partial charge in [-0.3, -0.25) is 9.59 Å². The Hall–Kier alpha value is -3.87. The molecule has 1 aromatic heterocycles. The Bertz CT molecular complexity index is 1150. The molecule has 1 fully saturated rings. The highest BCUT2D eigenvalue weighted by Crippen LogP contribution is 2.39. The fraction of sp³-hybridized carbons (Fsp3) is 0.269. The third-order valence-electron chi connectivity index (χ3n) is 5.98. The summed E-state index contributed by atoms with van der Waals surface area (Å²) in [5.74, 6) is -0.813. The minimum absolute atomic E-state index is 0.108. The number of aryl methyl sites for hydroxylation is 2. The molecule has 0 radical (unpaired) electrons. The van der Waals surface area contributed by atoms with Gasteiger partial charge in [0.2, 0.25) is 0 Å². The maximum Gasteiger partial charge on any atom is 0.295 e. The van der Waals surface area contributed by atoms with Gasteiger partial charge in [-0.25, -0.2) is 4.98 Å². The SMILES string of the molecule is CCc1ccc(C2/C(=C(\O)c3ccc(OC)cc3)C(=O)C(=O)N2CCCn2ccnc2)cc1. The van der Waals surface area contributed by atoms with Gasteiger partial charge in [0, 0.05) is 31.0 Å². The van der Waals surface area contributed by atoms with Crippen molar-refractivity contribution >= 4 is 17.4 Å². The van der Waals surface area contributed by atoms with Crippen LogP contribution in [0.25, 0.3) is 5.76 Å². The molecule has 1 N–H and O–H groups in total. The van der Waals surface area contributed by atoms with Crippen LogP contribution in [0.15, 0.2) is 72.8 Å². The molecule has 7 heteroatoms. The molecule has 1 amide bonds. The maximum atomic E-state index is 13.1. The first-order valence-electron chi connectivity index (χ1n) is 11.0. The van der Waals surface area contributed by atoms with E-state index in [4.69, 9.17) is 4.74 Å². The van der Waals surface area contributed by atoms with Crippen molar-refractivity contribution in [2.75, 3.05) is 13.7 Å². The summed E-state index contributed by atoms with van der Waals surface area (Å²) >= 11 is 0. The van der Waals surface area contributed by atoms with Crippen molar-refractivity contribution in [1.82, 2.24) is 14.5 Å². The molecule has 1 atom stereocenters. The number of likely N-dealkylation sites (tertiary alicyclic amines) is 1. The first kappa shape index (κ1) is 22.3. The number of benzene rings is 2. The van der Waals surface area contributed by atoms with Crippen LogP contribution in [0.1, 0.15) is 36.1 Å². The lowest BCUT2D eigenvalue weighted by molar-refractivity contribution is -0.139. The van der Waals surface area contributed by atoms with E-state index in [1.54, 1.807) is 48.8 Å². The first-order chi connectivity index (χ1) is 16.0. The molecule has 0 bridgehead atoms. The van der Waals surface area contributed by atoms with Crippen LogP contribution in [0.3, 0.4) is 0 Å². The highest BCUT2D eigenvalue weighted by molar-refractivity contribution is 6.46. The number of ketones is 1. The third kappa shape index (κ3) is 4.53. The molecule has 1 aliphatic heterocycles. The number of methoxy groups -OCH3 is 1. The topological polar surface area (TPSA) is 84.7 Å². The van der Waals surface area contributed by atoms with E-state index >= 15 is 0 Å². The van der Waals surface area contributed by atoms with Gasteiger partial charge in [-0.15, -0.1) is 0 Å². The summed E-state index contributed by atoms with van der Waals surface area (Å²) in [6.45, 7) is 3.12. The summed E-state index contributed by atoms with van der Waals surface area (Å²) in [7, 11) is 1.56. The lowest BCUT2D eigenvalue weighted by atomic mass is 9.94. The quantitative estimate of drug-likeness (QED) is 0.322. The molecule has 3 aromatic rings. The van der Waals surface area contributed by atoms with Crippen molar-refractivity contribution in [2.45, 2.75) is 32.4 Å². The zero-order valence-electron chi connectivity index (χ0n) is 18.8. The first-order valence-corrected chi connectivity index (χ1v) is 11.0. The van der Waals surface area contributed by atoms with Crippen molar-refractivity contribution in [3.05, 3.63) is 89.5 Å². The van der Waals surface area contributed by atoms with Gasteiger partial charge < -0.3 is 19.3 Å². The van der Waals surface area contributed by atoms with Gasteiger partial charge in [0.25, 0.3) is 11.7 Å². The Morgan fingerprint density at radius 1 is 1.06 bits per heavy atom. The molecule has 0 spiro atoms. The van der Waals surface area contributed by atoms with Crippen LogP contribution >= 0.6 is 0 Å². The Labute approximate surface area is 192 Å². The molecule has 7 nitrogen and oxygen atoms in total. The average Bonchev–Trinajstić information content (AvgIpc) is 3.46. The number of aliphatic hydroxyl groups is 1. The molecule has 1 saturated heterocycles. The molecular formula is C26H27N3O4. The van der Waals surface area contributed by atoms with E-state index < -0.39 is 17.7 Å². The molecule has 1 aliphatic rings. The summed E-state index contributed by atoms with van der Waals surface area (Å²) in [4.78, 5) is 31.7. The predicted octanol–water partition coefficient (Wildman–Crippen LogP) is 3.97. The number of aromatic nitrogens is 2. The van der Waals surface area contributed by atoms with Gasteiger partial charge in [0.15, 0.2) is 0 Å². The lowest BCUT2D eigenvalue weighted by Gasteiger charge is -2.25. The van der Waals surface area contributed by atoms with E-state index in [9.17, 15) is 14.7 Å². The molecule has 170 valence electrons. The van der Waals surface area contributed by atoms with Crippen molar-refractivity contribution in [3.8, 4) is 5.75 Å². The largest absolute Gasteiger partial charge is 0.507 e. The molecule has 1 unspecified atom stereocenters. The van der Waals surface area contributed by atoms with E-state index in [0.29, 0.717) is 30.8 Å². The highest BCUT2D eigenvalue weighted by Gasteiger charge is 2.45. The Morgan fingerprint density at radius 3 is 2.39 bits per heavy atom. The summed E-state index contributed by atoms with van der Waals surface area (Å²) in [5.41, 5.74) is 2.52. The van der Waals surface area contributed by atoms with Crippen LogP contribution in [-0.2, 0) is 22.6 Å². The second-order valence-corrected chi connectivity index (χ2v) is 7.97. The number of Topliss-reactive ketones (excluding diaryl/α,β-unsaturated/α-hetero) is 1. The molecule has 0 aliphatic carbocycles. The Balaban J connectivity index is 1.72. The van der Waals surface area contributed by atoms with E-state index in [2.05, 4.69) is 11.9 Å². The van der Waals surface area contributed by atoms with Gasteiger partial charge in [-0.2, -0.15) is 0 Å². The number of hydrogen-bond donors (Lipinski definition) is 1. The Morgan fingerprint density at radius 2 is 1.79 bits per heavy atom. The number of imidazole rings is 1. The predicted molar refractivity (Wildman–Crippen MR) is 125 cm³/mol. The number of carbonyl (C=O) groups excluding carboxylic acids is 2. The van der Waals surface area contributed by atoms with Crippen molar-refractivity contribution in [2.24, 2.45) is 0 Å². The van der Waals surface area contributed by atoms with E-state index in [1.165, 1.54) is 0 Å². The number of amides is 1. The van der Waals surface area contributed by atoms with Crippen LogP contribution < -0.4 is 4.74 Å². The molecule has 4 rings (SSSR count). The fourth-order valence-corrected chi connectivity index (χ4v) is 4.14. The van der Waals surface area contributed by atoms with E-state index in [0.717, 1.165) is 17.5 Å². The summed E-state index contributed by atoms with van der Waals surface area (Å²) in [6.07, 6.45) is 6.82. The van der Waals surface area contributed by atoms with E-state index in [1.807, 2.05) is 35.0 Å². The normalized spacial score (nSPS) is 17.5. The van der Waals surface area contributed by atoms with Crippen LogP contribution in [0.5, 0.6) is 5.75 Å². The van der Waals surface area contributed by atoms with Gasteiger partial charge in [-0.05, 0) is 48.2 Å². The van der Waals surface area contributed by atoms with Crippen LogP contribution in [0.2, 0.25) is 0 Å². The standard InChI is InChI=1S/C26H27N3O4/c1-3-18-5-7-19(8-6-18)23-22(24(30)20-9-11-21(33-2)12-10-20)25(31)26(32)29(23)15-4-14-28-16-13-27-17-28/h5-13,16-17,23,30H,3-4,14-15H2,1-2H3/b24-22+. The van der Waals surface area contributed by atoms with Crippen LogP contribution in [-0.4, -0.2) is 44.9 Å². The molecule has 33 heavy (non-hydrogen) atoms. The molecule has 2 heterocycles. The van der Waals surface area contributed by atoms with Gasteiger partial charge >= 0.3 is 0 Å². The number of carbonyl (C=O) groups is 2. The molecule has 2 aromatic carbocycles. The van der Waals surface area contributed by atoms with Gasteiger partial charge in [0.1, 0.15) is 11.5 Å². The highest BCUT2D eigenvalue weighted by atomic mass is 16.5. The number of nitrogens with zero attached hydrogens (tertiary/aromatic N) is 3.